The van der Waals surface area contributed by atoms with Gasteiger partial charge in [0.2, 0.25) is 5.91 Å². The second-order valence-corrected chi connectivity index (χ2v) is 11.6. The first-order valence-electron chi connectivity index (χ1n) is 12.2. The summed E-state index contributed by atoms with van der Waals surface area (Å²) in [4.78, 5) is 28.8. The Bertz CT molecular complexity index is 1320. The second-order valence-electron chi connectivity index (χ2n) is 9.87. The van der Waals surface area contributed by atoms with E-state index in [0.29, 0.717) is 39.1 Å². The first-order chi connectivity index (χ1) is 17.7. The van der Waals surface area contributed by atoms with Gasteiger partial charge in [0, 0.05) is 33.0 Å². The van der Waals surface area contributed by atoms with E-state index >= 15 is 0 Å². The van der Waals surface area contributed by atoms with Crippen molar-refractivity contribution in [3.8, 4) is 0 Å². The Morgan fingerprint density at radius 1 is 1.14 bits per heavy atom. The molecule has 2 N–H and O–H groups in total. The Hall–Kier alpha value is -2.08. The summed E-state index contributed by atoms with van der Waals surface area (Å²) in [5.41, 5.74) is 9.41. The van der Waals surface area contributed by atoms with Crippen molar-refractivity contribution < 1.29 is 9.59 Å². The molecule has 0 spiro atoms. The molecule has 4 nitrogen and oxygen atoms in total. The van der Waals surface area contributed by atoms with Gasteiger partial charge in [-0.25, -0.2) is 0 Å². The van der Waals surface area contributed by atoms with Crippen LogP contribution in [-0.4, -0.2) is 40.1 Å². The highest BCUT2D eigenvalue weighted by molar-refractivity contribution is 6.40. The van der Waals surface area contributed by atoms with Crippen LogP contribution >= 0.6 is 46.4 Å². The van der Waals surface area contributed by atoms with E-state index in [4.69, 9.17) is 52.1 Å². The topological polar surface area (TPSA) is 63.2 Å². The number of hydrogen-bond acceptors (Lipinski definition) is 3. The number of rotatable bonds is 5. The van der Waals surface area contributed by atoms with Crippen LogP contribution in [0.25, 0.3) is 0 Å². The molecule has 6 atom stereocenters. The first-order valence-corrected chi connectivity index (χ1v) is 13.8. The summed E-state index contributed by atoms with van der Waals surface area (Å²) in [5.74, 6) is -0.416. The number of carbonyl (C=O) groups is 2. The van der Waals surface area contributed by atoms with E-state index in [1.165, 1.54) is 0 Å². The third kappa shape index (κ3) is 5.15. The van der Waals surface area contributed by atoms with Crippen molar-refractivity contribution in [3.05, 3.63) is 104 Å². The lowest BCUT2D eigenvalue weighted by Crippen LogP contribution is -2.40. The number of amides is 1. The minimum absolute atomic E-state index is 0.0688. The number of ketones is 1. The number of fused-ring (bicyclic) bond motifs is 1. The molecule has 4 aliphatic rings. The Balaban J connectivity index is 1.46. The predicted octanol–water partition coefficient (Wildman–Crippen LogP) is 6.14. The number of allylic oxidation sites excluding steroid dienone is 10. The average molecular weight is 576 g/mol. The van der Waals surface area contributed by atoms with Gasteiger partial charge in [-0.1, -0.05) is 90.3 Å². The zero-order valence-electron chi connectivity index (χ0n) is 20.1. The molecule has 5 rings (SSSR count). The van der Waals surface area contributed by atoms with Crippen LogP contribution in [0.15, 0.2) is 98.6 Å². The van der Waals surface area contributed by atoms with E-state index < -0.39 is 6.04 Å². The van der Waals surface area contributed by atoms with Crippen molar-refractivity contribution in [2.45, 2.75) is 43.3 Å². The molecule has 0 radical (unpaired) electrons. The summed E-state index contributed by atoms with van der Waals surface area (Å²) >= 11 is 25.1. The predicted molar refractivity (Wildman–Crippen MR) is 151 cm³/mol. The highest BCUT2D eigenvalue weighted by Gasteiger charge is 2.63. The number of nitrogens with zero attached hydrogens (tertiary/aromatic N) is 1. The zero-order valence-corrected chi connectivity index (χ0v) is 23.1. The minimum atomic E-state index is -0.710. The summed E-state index contributed by atoms with van der Waals surface area (Å²) in [6.45, 7) is 1.97. The normalized spacial score (nSPS) is 32.0. The van der Waals surface area contributed by atoms with Crippen LogP contribution in [0.2, 0.25) is 0 Å². The van der Waals surface area contributed by atoms with Crippen LogP contribution in [0.3, 0.4) is 0 Å². The van der Waals surface area contributed by atoms with Gasteiger partial charge < -0.3 is 10.6 Å². The number of likely N-dealkylation sites (tertiary alicyclic amines) is 1. The van der Waals surface area contributed by atoms with Gasteiger partial charge in [0.25, 0.3) is 0 Å². The molecule has 1 saturated heterocycles. The van der Waals surface area contributed by atoms with Crippen LogP contribution < -0.4 is 5.73 Å². The van der Waals surface area contributed by atoms with E-state index in [1.807, 2.05) is 61.6 Å². The average Bonchev–Trinajstić information content (AvgIpc) is 3.55. The van der Waals surface area contributed by atoms with E-state index in [-0.39, 0.29) is 41.0 Å². The Labute approximate surface area is 236 Å². The van der Waals surface area contributed by atoms with Crippen LogP contribution in [-0.2, 0) is 16.0 Å². The fourth-order valence-corrected chi connectivity index (χ4v) is 6.12. The van der Waals surface area contributed by atoms with E-state index in [1.54, 1.807) is 17.1 Å². The number of benzene rings is 1. The standard InChI is InChI=1S/C29H26Cl4N2O2/c1-15-18(8-10-22(31)25(15)33)14-20-27-26(19(28(20)36)11-17-7-9-21(30)23(32)12-17)35(27)29(37)24(34)13-16-5-3-2-4-6-16/h2-11,14-15,17,24-27H,12-13,34H2,1H3/b19-11+,20-14+/t15?,17-,24?,25-,26?,27?,35?/m1/s1. The van der Waals surface area contributed by atoms with Gasteiger partial charge in [-0.3, -0.25) is 9.59 Å². The van der Waals surface area contributed by atoms with Gasteiger partial charge in [0.1, 0.15) is 0 Å². The molecule has 8 heteroatoms. The third-order valence-corrected chi connectivity index (χ3v) is 9.28. The van der Waals surface area contributed by atoms with Gasteiger partial charge in [0.15, 0.2) is 5.78 Å². The van der Waals surface area contributed by atoms with Crippen LogP contribution in [0.5, 0.6) is 0 Å². The smallest absolute Gasteiger partial charge is 0.241 e. The maximum Gasteiger partial charge on any atom is 0.241 e. The number of Topliss-reactive ketones (excluding diaryl/α,β-unsaturated/α-hetero) is 1. The third-order valence-electron chi connectivity index (χ3n) is 7.38. The summed E-state index contributed by atoms with van der Waals surface area (Å²) in [5, 5.41) is 1.25. The number of alkyl halides is 1. The van der Waals surface area contributed by atoms with Crippen LogP contribution in [0.4, 0.5) is 0 Å². The highest BCUT2D eigenvalue weighted by Crippen LogP contribution is 2.49. The molecule has 2 fully saturated rings. The molecule has 1 aromatic carbocycles. The molecule has 1 amide bonds. The fourth-order valence-electron chi connectivity index (χ4n) is 5.26. The minimum Gasteiger partial charge on any atom is -0.322 e. The lowest BCUT2D eigenvalue weighted by Gasteiger charge is -2.23. The summed E-state index contributed by atoms with van der Waals surface area (Å²) in [6.07, 6.45) is 12.0. The molecule has 1 aliphatic heterocycles. The fraction of sp³-hybridized carbons (Fsp3) is 0.310. The van der Waals surface area contributed by atoms with E-state index in [2.05, 4.69) is 0 Å². The summed E-state index contributed by atoms with van der Waals surface area (Å²) in [6, 6.07) is 8.27. The molecule has 1 aromatic rings. The second kappa shape index (κ2) is 10.6. The van der Waals surface area contributed by atoms with Crippen molar-refractivity contribution in [1.82, 2.24) is 4.90 Å². The van der Waals surface area contributed by atoms with Crippen molar-refractivity contribution in [2.75, 3.05) is 0 Å². The number of piperidine rings is 1. The van der Waals surface area contributed by atoms with E-state index in [0.717, 1.165) is 11.1 Å². The number of halogens is 4. The number of carbonyl (C=O) groups excluding carboxylic acids is 2. The first kappa shape index (κ1) is 26.5. The monoisotopic (exact) mass is 574 g/mol. The van der Waals surface area contributed by atoms with Crippen LogP contribution in [0, 0.1) is 11.8 Å². The molecule has 1 heterocycles. The van der Waals surface area contributed by atoms with Gasteiger partial charge in [-0.15, -0.1) is 11.6 Å². The lowest BCUT2D eigenvalue weighted by atomic mass is 9.90. The Morgan fingerprint density at radius 3 is 2.54 bits per heavy atom. The lowest BCUT2D eigenvalue weighted by molar-refractivity contribution is -0.128. The molecule has 1 saturated carbocycles. The largest absolute Gasteiger partial charge is 0.322 e. The van der Waals surface area contributed by atoms with Crippen LogP contribution in [0.1, 0.15) is 18.9 Å². The summed E-state index contributed by atoms with van der Waals surface area (Å²) < 4.78 is 0. The molecule has 37 heavy (non-hydrogen) atoms. The molecule has 192 valence electrons. The molecule has 0 aromatic heterocycles. The molecule has 0 bridgehead atoms. The summed E-state index contributed by atoms with van der Waals surface area (Å²) in [7, 11) is 0. The van der Waals surface area contributed by atoms with Gasteiger partial charge >= 0.3 is 0 Å². The van der Waals surface area contributed by atoms with Crippen molar-refractivity contribution in [3.63, 3.8) is 0 Å². The quantitative estimate of drug-likeness (QED) is 0.260. The number of hydrogen-bond donors (Lipinski definition) is 1. The Kier molecular flexibility index (Phi) is 7.59. The van der Waals surface area contributed by atoms with Gasteiger partial charge in [0.05, 0.1) is 28.5 Å². The van der Waals surface area contributed by atoms with Crippen molar-refractivity contribution >= 4 is 58.1 Å². The van der Waals surface area contributed by atoms with Crippen molar-refractivity contribution in [2.24, 2.45) is 17.6 Å². The van der Waals surface area contributed by atoms with E-state index in [9.17, 15) is 9.59 Å². The molecular weight excluding hydrogens is 550 g/mol. The number of nitrogens with two attached hydrogens (primary N) is 1. The maximum absolute atomic E-state index is 13.6. The van der Waals surface area contributed by atoms with Gasteiger partial charge in [-0.05, 0) is 42.2 Å². The Morgan fingerprint density at radius 2 is 1.84 bits per heavy atom. The zero-order chi connectivity index (χ0) is 26.4. The molecule has 4 unspecified atom stereocenters. The maximum atomic E-state index is 13.6. The van der Waals surface area contributed by atoms with Crippen molar-refractivity contribution in [1.29, 1.82) is 0 Å². The molecule has 3 aliphatic carbocycles. The molecular formula is C29H26Cl4N2O2. The van der Waals surface area contributed by atoms with Gasteiger partial charge in [-0.2, -0.15) is 0 Å². The highest BCUT2D eigenvalue weighted by atomic mass is 35.5. The SMILES string of the molecule is CC1C(/C=C2/C(=O)/C(=C/[C@H]3C=CC(Cl)=C(Cl)C3)C3C2N3C(=O)C(N)Cc2ccccc2)=CC=C(Cl)[C@@H]1Cl.